The van der Waals surface area contributed by atoms with Gasteiger partial charge in [0.05, 0.1) is 14.2 Å². The second kappa shape index (κ2) is 4.84. The first-order valence-electron chi connectivity index (χ1n) is 6.41. The fourth-order valence-electron chi connectivity index (χ4n) is 2.62. The number of anilines is 1. The summed E-state index contributed by atoms with van der Waals surface area (Å²) in [6, 6.07) is 12.4. The molecule has 0 bridgehead atoms. The van der Waals surface area contributed by atoms with Crippen LogP contribution in [0.4, 0.5) is 5.69 Å². The number of hydrogen-bond acceptors (Lipinski definition) is 3. The van der Waals surface area contributed by atoms with Crippen molar-refractivity contribution in [3.8, 4) is 22.6 Å². The molecule has 0 spiro atoms. The van der Waals surface area contributed by atoms with E-state index in [0.717, 1.165) is 24.5 Å². The van der Waals surface area contributed by atoms with Crippen molar-refractivity contribution < 1.29 is 9.47 Å². The molecule has 0 fully saturated rings. The van der Waals surface area contributed by atoms with Crippen molar-refractivity contribution in [1.82, 2.24) is 0 Å². The first kappa shape index (κ1) is 11.9. The Kier molecular flexibility index (Phi) is 3.03. The Morgan fingerprint density at radius 2 is 1.84 bits per heavy atom. The maximum absolute atomic E-state index is 5.38. The van der Waals surface area contributed by atoms with E-state index in [9.17, 15) is 0 Å². The predicted octanol–water partition coefficient (Wildman–Crippen LogP) is 3.34. The summed E-state index contributed by atoms with van der Waals surface area (Å²) in [5.41, 5.74) is 5.06. The first-order valence-corrected chi connectivity index (χ1v) is 6.41. The van der Waals surface area contributed by atoms with Gasteiger partial charge in [0.1, 0.15) is 0 Å². The SMILES string of the molecule is COc1ccc(-c2cccc3c2CCN3)cc1OC. The molecule has 3 nitrogen and oxygen atoms in total. The lowest BCUT2D eigenvalue weighted by atomic mass is 9.97. The topological polar surface area (TPSA) is 30.5 Å². The van der Waals surface area contributed by atoms with E-state index in [1.54, 1.807) is 14.2 Å². The number of hydrogen-bond donors (Lipinski definition) is 1. The van der Waals surface area contributed by atoms with Gasteiger partial charge in [-0.1, -0.05) is 18.2 Å². The molecule has 0 radical (unpaired) electrons. The Balaban J connectivity index is 2.10. The second-order valence-corrected chi connectivity index (χ2v) is 4.58. The van der Waals surface area contributed by atoms with E-state index in [2.05, 4.69) is 29.6 Å². The van der Waals surface area contributed by atoms with Gasteiger partial charge in [-0.05, 0) is 41.3 Å². The minimum atomic E-state index is 0.761. The van der Waals surface area contributed by atoms with E-state index in [1.165, 1.54) is 22.4 Å². The molecule has 98 valence electrons. The molecule has 0 unspecified atom stereocenters. The Bertz CT molecular complexity index is 608. The lowest BCUT2D eigenvalue weighted by Gasteiger charge is -2.12. The lowest BCUT2D eigenvalue weighted by Crippen LogP contribution is -1.92. The van der Waals surface area contributed by atoms with E-state index in [0.29, 0.717) is 0 Å². The van der Waals surface area contributed by atoms with Crippen molar-refractivity contribution in [2.45, 2.75) is 6.42 Å². The highest BCUT2D eigenvalue weighted by molar-refractivity contribution is 5.77. The van der Waals surface area contributed by atoms with Crippen LogP contribution in [0.2, 0.25) is 0 Å². The van der Waals surface area contributed by atoms with Crippen LogP contribution in [0.5, 0.6) is 11.5 Å². The van der Waals surface area contributed by atoms with E-state index < -0.39 is 0 Å². The molecular weight excluding hydrogens is 238 g/mol. The summed E-state index contributed by atoms with van der Waals surface area (Å²) >= 11 is 0. The van der Waals surface area contributed by atoms with Crippen LogP contribution >= 0.6 is 0 Å². The third kappa shape index (κ3) is 2.01. The molecule has 0 atom stereocenters. The summed E-state index contributed by atoms with van der Waals surface area (Å²) in [6.45, 7) is 1.01. The van der Waals surface area contributed by atoms with Crippen LogP contribution in [-0.4, -0.2) is 20.8 Å². The number of ether oxygens (including phenoxy) is 2. The molecule has 2 aromatic carbocycles. The number of benzene rings is 2. The van der Waals surface area contributed by atoms with E-state index in [-0.39, 0.29) is 0 Å². The fraction of sp³-hybridized carbons (Fsp3) is 0.250. The average Bonchev–Trinajstić information content (AvgIpc) is 2.94. The Morgan fingerprint density at radius 3 is 2.63 bits per heavy atom. The number of rotatable bonds is 3. The summed E-state index contributed by atoms with van der Waals surface area (Å²) in [7, 11) is 3.32. The molecule has 3 heteroatoms. The van der Waals surface area contributed by atoms with Gasteiger partial charge in [-0.3, -0.25) is 0 Å². The van der Waals surface area contributed by atoms with E-state index >= 15 is 0 Å². The highest BCUT2D eigenvalue weighted by atomic mass is 16.5. The van der Waals surface area contributed by atoms with Crippen molar-refractivity contribution in [3.05, 3.63) is 42.0 Å². The number of methoxy groups -OCH3 is 2. The van der Waals surface area contributed by atoms with Gasteiger partial charge in [0.2, 0.25) is 0 Å². The van der Waals surface area contributed by atoms with Gasteiger partial charge < -0.3 is 14.8 Å². The van der Waals surface area contributed by atoms with Gasteiger partial charge in [-0.15, -0.1) is 0 Å². The third-order valence-electron chi connectivity index (χ3n) is 3.56. The normalized spacial score (nSPS) is 12.7. The molecule has 1 aliphatic rings. The monoisotopic (exact) mass is 255 g/mol. The van der Waals surface area contributed by atoms with Crippen LogP contribution < -0.4 is 14.8 Å². The molecule has 1 N–H and O–H groups in total. The van der Waals surface area contributed by atoms with Crippen molar-refractivity contribution in [1.29, 1.82) is 0 Å². The quantitative estimate of drug-likeness (QED) is 0.912. The molecule has 19 heavy (non-hydrogen) atoms. The summed E-state index contributed by atoms with van der Waals surface area (Å²) in [5, 5.41) is 3.41. The Hall–Kier alpha value is -2.16. The maximum atomic E-state index is 5.38. The van der Waals surface area contributed by atoms with Crippen molar-refractivity contribution in [2.75, 3.05) is 26.1 Å². The van der Waals surface area contributed by atoms with Crippen molar-refractivity contribution >= 4 is 5.69 Å². The summed E-state index contributed by atoms with van der Waals surface area (Å²) in [4.78, 5) is 0. The molecule has 3 rings (SSSR count). The van der Waals surface area contributed by atoms with Gasteiger partial charge in [-0.2, -0.15) is 0 Å². The fourth-order valence-corrected chi connectivity index (χ4v) is 2.62. The first-order chi connectivity index (χ1) is 9.33. The van der Waals surface area contributed by atoms with Crippen LogP contribution in [0.25, 0.3) is 11.1 Å². The second-order valence-electron chi connectivity index (χ2n) is 4.58. The van der Waals surface area contributed by atoms with Gasteiger partial charge in [0, 0.05) is 12.2 Å². The maximum Gasteiger partial charge on any atom is 0.161 e. The molecule has 1 aliphatic heterocycles. The molecule has 0 saturated heterocycles. The van der Waals surface area contributed by atoms with Gasteiger partial charge in [-0.25, -0.2) is 0 Å². The standard InChI is InChI=1S/C16H17NO2/c1-18-15-7-6-11(10-16(15)19-2)12-4-3-5-14-13(12)8-9-17-14/h3-7,10,17H,8-9H2,1-2H3. The molecule has 0 aliphatic carbocycles. The van der Waals surface area contributed by atoms with Crippen LogP contribution in [-0.2, 0) is 6.42 Å². The molecular formula is C16H17NO2. The molecule has 0 amide bonds. The molecule has 0 aromatic heterocycles. The van der Waals surface area contributed by atoms with Gasteiger partial charge in [0.15, 0.2) is 11.5 Å². The summed E-state index contributed by atoms with van der Waals surface area (Å²) in [5.74, 6) is 1.53. The van der Waals surface area contributed by atoms with E-state index in [4.69, 9.17) is 9.47 Å². The minimum Gasteiger partial charge on any atom is -0.493 e. The largest absolute Gasteiger partial charge is 0.493 e. The smallest absolute Gasteiger partial charge is 0.161 e. The highest BCUT2D eigenvalue weighted by Crippen LogP contribution is 2.37. The van der Waals surface area contributed by atoms with Gasteiger partial charge >= 0.3 is 0 Å². The minimum absolute atomic E-state index is 0.761. The van der Waals surface area contributed by atoms with Gasteiger partial charge in [0.25, 0.3) is 0 Å². The average molecular weight is 255 g/mol. The zero-order chi connectivity index (χ0) is 13.2. The van der Waals surface area contributed by atoms with E-state index in [1.807, 2.05) is 12.1 Å². The number of fused-ring (bicyclic) bond motifs is 1. The molecule has 1 heterocycles. The third-order valence-corrected chi connectivity index (χ3v) is 3.56. The summed E-state index contributed by atoms with van der Waals surface area (Å²) < 4.78 is 10.7. The highest BCUT2D eigenvalue weighted by Gasteiger charge is 2.15. The summed E-state index contributed by atoms with van der Waals surface area (Å²) in [6.07, 6.45) is 1.07. The zero-order valence-corrected chi connectivity index (χ0v) is 11.2. The Morgan fingerprint density at radius 1 is 1.00 bits per heavy atom. The van der Waals surface area contributed by atoms with Crippen LogP contribution in [0.1, 0.15) is 5.56 Å². The zero-order valence-electron chi connectivity index (χ0n) is 11.2. The molecule has 2 aromatic rings. The lowest BCUT2D eigenvalue weighted by molar-refractivity contribution is 0.355. The predicted molar refractivity (Wildman–Crippen MR) is 77.2 cm³/mol. The Labute approximate surface area is 113 Å². The number of nitrogens with one attached hydrogen (secondary N) is 1. The molecule has 0 saturated carbocycles. The van der Waals surface area contributed by atoms with Crippen LogP contribution in [0.15, 0.2) is 36.4 Å². The van der Waals surface area contributed by atoms with Crippen LogP contribution in [0, 0.1) is 0 Å². The van der Waals surface area contributed by atoms with Crippen molar-refractivity contribution in [2.24, 2.45) is 0 Å². The van der Waals surface area contributed by atoms with Crippen LogP contribution in [0.3, 0.4) is 0 Å². The van der Waals surface area contributed by atoms with Crippen molar-refractivity contribution in [3.63, 3.8) is 0 Å².